The van der Waals surface area contributed by atoms with Crippen molar-refractivity contribution in [2.24, 2.45) is 0 Å². The van der Waals surface area contributed by atoms with E-state index in [4.69, 9.17) is 10.5 Å². The van der Waals surface area contributed by atoms with Crippen molar-refractivity contribution in [3.05, 3.63) is 52.1 Å². The van der Waals surface area contributed by atoms with Crippen molar-refractivity contribution in [2.75, 3.05) is 10.6 Å². The van der Waals surface area contributed by atoms with Gasteiger partial charge in [-0.05, 0) is 47.5 Å². The Kier molecular flexibility index (Phi) is 3.59. The second-order valence-corrected chi connectivity index (χ2v) is 5.99. The summed E-state index contributed by atoms with van der Waals surface area (Å²) in [5, 5.41) is 11.0. The van der Waals surface area contributed by atoms with Crippen LogP contribution >= 0.6 is 0 Å². The van der Waals surface area contributed by atoms with E-state index in [2.05, 4.69) is 4.98 Å². The summed E-state index contributed by atoms with van der Waals surface area (Å²) in [6.45, 7) is 3.51. The highest BCUT2D eigenvalue weighted by Crippen LogP contribution is 2.38. The highest BCUT2D eigenvalue weighted by Gasteiger charge is 2.44. The zero-order valence-corrected chi connectivity index (χ0v) is 13.2. The molecule has 3 rings (SSSR count). The molecule has 124 valence electrons. The first-order valence-electron chi connectivity index (χ1n) is 7.29. The van der Waals surface area contributed by atoms with E-state index >= 15 is 0 Å². The molecule has 0 saturated heterocycles. The molecule has 0 atom stereocenters. The van der Waals surface area contributed by atoms with E-state index in [1.54, 1.807) is 38.1 Å². The Morgan fingerprint density at radius 1 is 1.25 bits per heavy atom. The number of carbonyl (C=O) groups is 1. The van der Waals surface area contributed by atoms with Gasteiger partial charge in [0.05, 0.1) is 6.54 Å². The second kappa shape index (κ2) is 5.48. The van der Waals surface area contributed by atoms with Crippen LogP contribution < -0.4 is 15.4 Å². The molecule has 0 spiro atoms. The number of rotatable bonds is 3. The number of nitrogens with two attached hydrogens (primary N) is 1. The number of nitrogens with zero attached hydrogens (tertiary/aromatic N) is 3. The van der Waals surface area contributed by atoms with Crippen LogP contribution in [-0.4, -0.2) is 21.4 Å². The second-order valence-electron chi connectivity index (χ2n) is 5.99. The fraction of sp³-hybridized carbons (Fsp3) is 0.250. The van der Waals surface area contributed by atoms with Gasteiger partial charge >= 0.3 is 5.82 Å². The Morgan fingerprint density at radius 3 is 2.54 bits per heavy atom. The Morgan fingerprint density at radius 2 is 1.92 bits per heavy atom. The number of fused-ring (bicyclic) bond motifs is 1. The molecule has 1 aromatic heterocycles. The molecule has 0 saturated carbocycles. The fourth-order valence-corrected chi connectivity index (χ4v) is 2.49. The number of carbonyl (C=O) groups excluding carboxylic acids is 1. The molecular formula is C16H16N4O4. The summed E-state index contributed by atoms with van der Waals surface area (Å²) in [5.74, 6) is -0.182. The predicted molar refractivity (Wildman–Crippen MR) is 87.6 cm³/mol. The van der Waals surface area contributed by atoms with Crippen LogP contribution in [-0.2, 0) is 11.3 Å². The molecule has 1 amide bonds. The SMILES string of the molecule is CC1(C)Oc2ccc([N+](=O)[O-])nc2N(Cc2ccc(N)cc2)C1=O. The van der Waals surface area contributed by atoms with Crippen molar-refractivity contribution in [3.8, 4) is 5.75 Å². The molecular weight excluding hydrogens is 312 g/mol. The van der Waals surface area contributed by atoms with Gasteiger partial charge in [-0.3, -0.25) is 9.69 Å². The van der Waals surface area contributed by atoms with Crippen LogP contribution in [0.4, 0.5) is 17.3 Å². The van der Waals surface area contributed by atoms with E-state index in [0.29, 0.717) is 11.4 Å². The van der Waals surface area contributed by atoms with Crippen LogP contribution in [0.25, 0.3) is 0 Å². The summed E-state index contributed by atoms with van der Waals surface area (Å²) in [7, 11) is 0. The molecule has 0 fully saturated rings. The van der Waals surface area contributed by atoms with Gasteiger partial charge in [-0.25, -0.2) is 0 Å². The van der Waals surface area contributed by atoms with Gasteiger partial charge in [-0.1, -0.05) is 12.1 Å². The average Bonchev–Trinajstić information content (AvgIpc) is 2.53. The van der Waals surface area contributed by atoms with Gasteiger partial charge in [0.15, 0.2) is 11.4 Å². The number of hydrogen-bond acceptors (Lipinski definition) is 6. The number of nitrogen functional groups attached to an aromatic ring is 1. The molecule has 24 heavy (non-hydrogen) atoms. The number of ether oxygens (including phenoxy) is 1. The average molecular weight is 328 g/mol. The minimum Gasteiger partial charge on any atom is -0.472 e. The van der Waals surface area contributed by atoms with Gasteiger partial charge < -0.3 is 20.6 Å². The molecule has 1 aliphatic rings. The van der Waals surface area contributed by atoms with Crippen molar-refractivity contribution in [3.63, 3.8) is 0 Å². The predicted octanol–water partition coefficient (Wildman–Crippen LogP) is 2.28. The molecule has 2 heterocycles. The topological polar surface area (TPSA) is 112 Å². The molecule has 2 aromatic rings. The number of anilines is 2. The smallest absolute Gasteiger partial charge is 0.366 e. The zero-order chi connectivity index (χ0) is 17.5. The lowest BCUT2D eigenvalue weighted by Crippen LogP contribution is -2.52. The number of benzene rings is 1. The third-order valence-electron chi connectivity index (χ3n) is 3.71. The molecule has 0 bridgehead atoms. The van der Waals surface area contributed by atoms with Crippen molar-refractivity contribution >= 4 is 23.2 Å². The van der Waals surface area contributed by atoms with Gasteiger partial charge in [0.25, 0.3) is 11.7 Å². The third-order valence-corrected chi connectivity index (χ3v) is 3.71. The molecule has 1 aliphatic heterocycles. The highest BCUT2D eigenvalue weighted by molar-refractivity contribution is 6.01. The fourth-order valence-electron chi connectivity index (χ4n) is 2.49. The van der Waals surface area contributed by atoms with E-state index < -0.39 is 10.5 Å². The van der Waals surface area contributed by atoms with E-state index in [1.807, 2.05) is 0 Å². The van der Waals surface area contributed by atoms with E-state index in [1.165, 1.54) is 17.0 Å². The number of aromatic nitrogens is 1. The summed E-state index contributed by atoms with van der Waals surface area (Å²) in [5.41, 5.74) is 6.03. The lowest BCUT2D eigenvalue weighted by molar-refractivity contribution is -0.389. The summed E-state index contributed by atoms with van der Waals surface area (Å²) in [6, 6.07) is 9.77. The minimum atomic E-state index is -1.08. The summed E-state index contributed by atoms with van der Waals surface area (Å²) in [6.07, 6.45) is 0. The van der Waals surface area contributed by atoms with Crippen molar-refractivity contribution in [1.82, 2.24) is 4.98 Å². The monoisotopic (exact) mass is 328 g/mol. The van der Waals surface area contributed by atoms with Gasteiger partial charge in [0.1, 0.15) is 0 Å². The maximum Gasteiger partial charge on any atom is 0.366 e. The lowest BCUT2D eigenvalue weighted by Gasteiger charge is -2.35. The number of nitro groups is 1. The molecule has 1 aromatic carbocycles. The number of pyridine rings is 1. The van der Waals surface area contributed by atoms with Crippen LogP contribution in [0, 0.1) is 10.1 Å². The molecule has 2 N–H and O–H groups in total. The highest BCUT2D eigenvalue weighted by atomic mass is 16.6. The van der Waals surface area contributed by atoms with Crippen LogP contribution in [0.2, 0.25) is 0 Å². The van der Waals surface area contributed by atoms with Crippen LogP contribution in [0.3, 0.4) is 0 Å². The van der Waals surface area contributed by atoms with Crippen molar-refractivity contribution < 1.29 is 14.5 Å². The molecule has 8 nitrogen and oxygen atoms in total. The quantitative estimate of drug-likeness (QED) is 0.525. The third kappa shape index (κ3) is 2.73. The first-order valence-corrected chi connectivity index (χ1v) is 7.29. The minimum absolute atomic E-state index is 0.144. The van der Waals surface area contributed by atoms with E-state index in [-0.39, 0.29) is 24.1 Å². The molecule has 8 heteroatoms. The standard InChI is InChI=1S/C16H16N4O4/c1-16(2)15(21)19(9-10-3-5-11(17)6-4-10)14-12(24-16)7-8-13(18-14)20(22)23/h3-8H,9,17H2,1-2H3. The maximum atomic E-state index is 12.7. The summed E-state index contributed by atoms with van der Waals surface area (Å²) in [4.78, 5) is 28.5. The Balaban J connectivity index is 2.05. The Labute approximate surface area is 138 Å². The molecule has 0 unspecified atom stereocenters. The van der Waals surface area contributed by atoms with Crippen LogP contribution in [0.15, 0.2) is 36.4 Å². The Bertz CT molecular complexity index is 817. The number of hydrogen-bond donors (Lipinski definition) is 1. The molecule has 0 radical (unpaired) electrons. The van der Waals surface area contributed by atoms with Gasteiger partial charge in [0.2, 0.25) is 0 Å². The van der Waals surface area contributed by atoms with E-state index in [0.717, 1.165) is 5.56 Å². The van der Waals surface area contributed by atoms with E-state index in [9.17, 15) is 14.9 Å². The first kappa shape index (κ1) is 15.7. The summed E-state index contributed by atoms with van der Waals surface area (Å²) < 4.78 is 5.66. The Hall–Kier alpha value is -3.16. The lowest BCUT2D eigenvalue weighted by atomic mass is 10.0. The van der Waals surface area contributed by atoms with Crippen LogP contribution in [0.5, 0.6) is 5.75 Å². The largest absolute Gasteiger partial charge is 0.472 e. The molecule has 0 aliphatic carbocycles. The van der Waals surface area contributed by atoms with Crippen molar-refractivity contribution in [1.29, 1.82) is 0 Å². The van der Waals surface area contributed by atoms with Gasteiger partial charge in [0, 0.05) is 11.8 Å². The van der Waals surface area contributed by atoms with Gasteiger partial charge in [-0.15, -0.1) is 0 Å². The zero-order valence-electron chi connectivity index (χ0n) is 13.2. The van der Waals surface area contributed by atoms with Gasteiger partial charge in [-0.2, -0.15) is 0 Å². The maximum absolute atomic E-state index is 12.7. The number of amides is 1. The van der Waals surface area contributed by atoms with Crippen molar-refractivity contribution in [2.45, 2.75) is 26.0 Å². The summed E-state index contributed by atoms with van der Waals surface area (Å²) >= 11 is 0. The van der Waals surface area contributed by atoms with Crippen LogP contribution in [0.1, 0.15) is 19.4 Å². The normalized spacial score (nSPS) is 15.6. The first-order chi connectivity index (χ1) is 11.3.